The topological polar surface area (TPSA) is 38.3 Å². The molecule has 0 saturated carbocycles. The standard InChI is InChI=1S/C24H32ClNO2/c1-4-10-18(11-5-2)22(6-3)28-24(27)23(19-12-8-7-9-13-19)26-21-16-14-20(25)15-17-21/h7-9,12-18,22-23,26H,4-6,10-11H2,1-3H3/t22-,23?/m0/s1. The molecule has 1 unspecified atom stereocenters. The SMILES string of the molecule is CCCC(CCC)[C@H](CC)OC(=O)C(Nc1ccc(Cl)cc1)c1ccccc1. The van der Waals surface area contributed by atoms with Crippen LogP contribution in [0.3, 0.4) is 0 Å². The van der Waals surface area contributed by atoms with Gasteiger partial charge in [0.1, 0.15) is 6.10 Å². The van der Waals surface area contributed by atoms with Crippen LogP contribution >= 0.6 is 11.6 Å². The Hall–Kier alpha value is -2.00. The third-order valence-electron chi connectivity index (χ3n) is 5.04. The fourth-order valence-corrected chi connectivity index (χ4v) is 3.75. The van der Waals surface area contributed by atoms with E-state index in [1.54, 1.807) is 0 Å². The van der Waals surface area contributed by atoms with Gasteiger partial charge in [-0.15, -0.1) is 0 Å². The van der Waals surface area contributed by atoms with Gasteiger partial charge in [0.05, 0.1) is 0 Å². The molecule has 0 heterocycles. The molecule has 0 bridgehead atoms. The number of ether oxygens (including phenoxy) is 1. The summed E-state index contributed by atoms with van der Waals surface area (Å²) >= 11 is 5.99. The third kappa shape index (κ3) is 6.56. The molecule has 2 aromatic carbocycles. The van der Waals surface area contributed by atoms with Gasteiger partial charge in [-0.3, -0.25) is 0 Å². The maximum absolute atomic E-state index is 13.2. The number of esters is 1. The van der Waals surface area contributed by atoms with Crippen molar-refractivity contribution in [1.82, 2.24) is 0 Å². The van der Waals surface area contributed by atoms with E-state index in [0.29, 0.717) is 10.9 Å². The molecule has 28 heavy (non-hydrogen) atoms. The van der Waals surface area contributed by atoms with Gasteiger partial charge in [0.2, 0.25) is 0 Å². The summed E-state index contributed by atoms with van der Waals surface area (Å²) < 4.78 is 6.05. The summed E-state index contributed by atoms with van der Waals surface area (Å²) in [5.41, 5.74) is 1.72. The van der Waals surface area contributed by atoms with E-state index in [0.717, 1.165) is 43.4 Å². The van der Waals surface area contributed by atoms with Crippen molar-refractivity contribution in [2.24, 2.45) is 5.92 Å². The molecule has 2 aromatic rings. The summed E-state index contributed by atoms with van der Waals surface area (Å²) in [5.74, 6) is 0.182. The molecule has 4 heteroatoms. The van der Waals surface area contributed by atoms with Gasteiger partial charge in [-0.2, -0.15) is 0 Å². The lowest BCUT2D eigenvalue weighted by atomic mass is 9.91. The average molecular weight is 402 g/mol. The minimum atomic E-state index is -0.555. The summed E-state index contributed by atoms with van der Waals surface area (Å²) in [6.45, 7) is 6.47. The molecule has 152 valence electrons. The Morgan fingerprint density at radius 2 is 1.57 bits per heavy atom. The van der Waals surface area contributed by atoms with Crippen LogP contribution in [0.1, 0.15) is 64.5 Å². The molecule has 0 spiro atoms. The van der Waals surface area contributed by atoms with Crippen LogP contribution in [-0.4, -0.2) is 12.1 Å². The minimum absolute atomic E-state index is 0.0503. The molecule has 2 rings (SSSR count). The van der Waals surface area contributed by atoms with Gasteiger partial charge in [0.15, 0.2) is 6.04 Å². The van der Waals surface area contributed by atoms with Gasteiger partial charge < -0.3 is 10.1 Å². The summed E-state index contributed by atoms with van der Waals surface area (Å²) in [4.78, 5) is 13.2. The first-order valence-corrected chi connectivity index (χ1v) is 10.7. The van der Waals surface area contributed by atoms with Gasteiger partial charge in [-0.05, 0) is 55.0 Å². The highest BCUT2D eigenvalue weighted by Crippen LogP contribution is 2.27. The normalized spacial score (nSPS) is 13.2. The maximum atomic E-state index is 13.2. The summed E-state index contributed by atoms with van der Waals surface area (Å²) in [6, 6.07) is 16.5. The smallest absolute Gasteiger partial charge is 0.333 e. The molecule has 3 nitrogen and oxygen atoms in total. The Balaban J connectivity index is 2.21. The monoisotopic (exact) mass is 401 g/mol. The zero-order valence-corrected chi connectivity index (χ0v) is 17.9. The zero-order chi connectivity index (χ0) is 20.4. The van der Waals surface area contributed by atoms with Crippen molar-refractivity contribution in [2.75, 3.05) is 5.32 Å². The number of benzene rings is 2. The molecule has 0 radical (unpaired) electrons. The van der Waals surface area contributed by atoms with Crippen molar-refractivity contribution in [3.05, 3.63) is 65.2 Å². The largest absolute Gasteiger partial charge is 0.460 e. The van der Waals surface area contributed by atoms with Crippen LogP contribution in [0.15, 0.2) is 54.6 Å². The van der Waals surface area contributed by atoms with Crippen molar-refractivity contribution < 1.29 is 9.53 Å². The lowest BCUT2D eigenvalue weighted by Gasteiger charge is -2.28. The first kappa shape index (κ1) is 22.3. The number of anilines is 1. The molecule has 0 fully saturated rings. The molecule has 2 atom stereocenters. The van der Waals surface area contributed by atoms with Crippen LogP contribution in [-0.2, 0) is 9.53 Å². The predicted molar refractivity (Wildman–Crippen MR) is 118 cm³/mol. The Morgan fingerprint density at radius 3 is 2.11 bits per heavy atom. The lowest BCUT2D eigenvalue weighted by molar-refractivity contribution is -0.153. The second kappa shape index (κ2) is 11.8. The molecule has 0 aliphatic heterocycles. The number of carbonyl (C=O) groups excluding carboxylic acids is 1. The van der Waals surface area contributed by atoms with Crippen LogP contribution in [0.5, 0.6) is 0 Å². The summed E-state index contributed by atoms with van der Waals surface area (Å²) in [6.07, 6.45) is 5.15. The first-order valence-electron chi connectivity index (χ1n) is 10.4. The van der Waals surface area contributed by atoms with E-state index in [1.165, 1.54) is 0 Å². The van der Waals surface area contributed by atoms with E-state index in [-0.39, 0.29) is 12.1 Å². The fraction of sp³-hybridized carbons (Fsp3) is 0.458. The molecule has 0 aromatic heterocycles. The third-order valence-corrected chi connectivity index (χ3v) is 5.29. The fourth-order valence-electron chi connectivity index (χ4n) is 3.62. The molecule has 0 amide bonds. The van der Waals surface area contributed by atoms with Crippen LogP contribution in [0.25, 0.3) is 0 Å². The van der Waals surface area contributed by atoms with Crippen LogP contribution in [0.2, 0.25) is 5.02 Å². The minimum Gasteiger partial charge on any atom is -0.460 e. The first-order chi connectivity index (χ1) is 13.6. The molecule has 0 aliphatic carbocycles. The van der Waals surface area contributed by atoms with Crippen molar-refractivity contribution in [2.45, 2.75) is 65.0 Å². The number of carbonyl (C=O) groups is 1. The van der Waals surface area contributed by atoms with E-state index >= 15 is 0 Å². The number of nitrogens with one attached hydrogen (secondary N) is 1. The van der Waals surface area contributed by atoms with Gasteiger partial charge in [-0.1, -0.05) is 75.5 Å². The quantitative estimate of drug-likeness (QED) is 0.410. The second-order valence-corrected chi connectivity index (χ2v) is 7.65. The number of rotatable bonds is 11. The summed E-state index contributed by atoms with van der Waals surface area (Å²) in [7, 11) is 0. The van der Waals surface area contributed by atoms with Gasteiger partial charge in [0.25, 0.3) is 0 Å². The van der Waals surface area contributed by atoms with E-state index in [4.69, 9.17) is 16.3 Å². The Bertz CT molecular complexity index is 696. The van der Waals surface area contributed by atoms with Crippen LogP contribution in [0.4, 0.5) is 5.69 Å². The lowest BCUT2D eigenvalue weighted by Crippen LogP contribution is -2.31. The second-order valence-electron chi connectivity index (χ2n) is 7.22. The molecule has 0 saturated heterocycles. The van der Waals surface area contributed by atoms with E-state index in [1.807, 2.05) is 54.6 Å². The highest BCUT2D eigenvalue weighted by Gasteiger charge is 2.28. The molecule has 1 N–H and O–H groups in total. The number of hydrogen-bond acceptors (Lipinski definition) is 3. The molecule has 0 aliphatic rings. The summed E-state index contributed by atoms with van der Waals surface area (Å²) in [5, 5.41) is 3.99. The van der Waals surface area contributed by atoms with Crippen molar-refractivity contribution in [1.29, 1.82) is 0 Å². The Kier molecular flexibility index (Phi) is 9.36. The van der Waals surface area contributed by atoms with E-state index in [2.05, 4.69) is 26.1 Å². The van der Waals surface area contributed by atoms with Crippen molar-refractivity contribution >= 4 is 23.3 Å². The average Bonchev–Trinajstić information content (AvgIpc) is 2.72. The highest BCUT2D eigenvalue weighted by molar-refractivity contribution is 6.30. The maximum Gasteiger partial charge on any atom is 0.333 e. The van der Waals surface area contributed by atoms with Gasteiger partial charge >= 0.3 is 5.97 Å². The number of halogens is 1. The van der Waals surface area contributed by atoms with Crippen molar-refractivity contribution in [3.8, 4) is 0 Å². The zero-order valence-electron chi connectivity index (χ0n) is 17.2. The molecular weight excluding hydrogens is 370 g/mol. The van der Waals surface area contributed by atoms with E-state index in [9.17, 15) is 4.79 Å². The van der Waals surface area contributed by atoms with E-state index < -0.39 is 6.04 Å². The van der Waals surface area contributed by atoms with Gasteiger partial charge in [-0.25, -0.2) is 4.79 Å². The number of hydrogen-bond donors (Lipinski definition) is 1. The molecular formula is C24H32ClNO2. The predicted octanol–water partition coefficient (Wildman–Crippen LogP) is 7.03. The highest BCUT2D eigenvalue weighted by atomic mass is 35.5. The van der Waals surface area contributed by atoms with Crippen LogP contribution in [0, 0.1) is 5.92 Å². The van der Waals surface area contributed by atoms with Gasteiger partial charge in [0, 0.05) is 10.7 Å². The van der Waals surface area contributed by atoms with Crippen molar-refractivity contribution in [3.63, 3.8) is 0 Å². The Morgan fingerprint density at radius 1 is 0.964 bits per heavy atom. The Labute approximate surface area is 174 Å². The van der Waals surface area contributed by atoms with Crippen LogP contribution < -0.4 is 5.32 Å².